The number of carbonyl (C=O) groups excluding carboxylic acids is 3. The van der Waals surface area contributed by atoms with Gasteiger partial charge in [0.1, 0.15) is 12.1 Å². The SMILES string of the molecule is C[C@@H]1CN(C(=O)c2ccccc2)CCN1C(=O)C(=O)c1ccc(-c2cc(N)ncn2)cc1. The van der Waals surface area contributed by atoms with Crippen LogP contribution in [-0.2, 0) is 4.79 Å². The van der Waals surface area contributed by atoms with E-state index in [-0.39, 0.29) is 11.9 Å². The van der Waals surface area contributed by atoms with Gasteiger partial charge >= 0.3 is 0 Å². The van der Waals surface area contributed by atoms with Crippen molar-refractivity contribution in [2.45, 2.75) is 13.0 Å². The fourth-order valence-electron chi connectivity index (χ4n) is 3.78. The smallest absolute Gasteiger partial charge is 0.295 e. The third kappa shape index (κ3) is 4.34. The molecule has 8 nitrogen and oxygen atoms in total. The van der Waals surface area contributed by atoms with E-state index in [1.165, 1.54) is 11.2 Å². The summed E-state index contributed by atoms with van der Waals surface area (Å²) in [7, 11) is 0. The van der Waals surface area contributed by atoms with Gasteiger partial charge in [-0.2, -0.15) is 0 Å². The number of hydrogen-bond donors (Lipinski definition) is 1. The molecule has 8 heteroatoms. The monoisotopic (exact) mass is 429 g/mol. The second-order valence-corrected chi connectivity index (χ2v) is 7.70. The number of hydrogen-bond acceptors (Lipinski definition) is 6. The number of carbonyl (C=O) groups is 3. The number of anilines is 1. The van der Waals surface area contributed by atoms with Crippen LogP contribution in [0.1, 0.15) is 27.6 Å². The van der Waals surface area contributed by atoms with E-state index in [1.54, 1.807) is 47.4 Å². The second-order valence-electron chi connectivity index (χ2n) is 7.70. The van der Waals surface area contributed by atoms with Crippen molar-refractivity contribution in [1.29, 1.82) is 0 Å². The molecule has 2 N–H and O–H groups in total. The van der Waals surface area contributed by atoms with Crippen LogP contribution in [0.2, 0.25) is 0 Å². The maximum absolute atomic E-state index is 12.9. The minimum absolute atomic E-state index is 0.0724. The van der Waals surface area contributed by atoms with E-state index in [9.17, 15) is 14.4 Å². The van der Waals surface area contributed by atoms with Gasteiger partial charge in [-0.05, 0) is 19.1 Å². The van der Waals surface area contributed by atoms with E-state index < -0.39 is 11.7 Å². The Kier molecular flexibility index (Phi) is 5.93. The highest BCUT2D eigenvalue weighted by Gasteiger charge is 2.33. The van der Waals surface area contributed by atoms with Crippen LogP contribution >= 0.6 is 0 Å². The molecule has 2 aromatic carbocycles. The standard InChI is InChI=1S/C24H23N5O3/c1-16-14-28(23(31)19-5-3-2-4-6-19)11-12-29(16)24(32)22(30)18-9-7-17(8-10-18)20-13-21(25)27-15-26-20/h2-10,13,15-16H,11-12,14H2,1H3,(H2,25,26,27)/t16-/m1/s1. The molecule has 2 amide bonds. The van der Waals surface area contributed by atoms with Crippen molar-refractivity contribution >= 4 is 23.4 Å². The molecule has 0 unspecified atom stereocenters. The predicted molar refractivity (Wildman–Crippen MR) is 120 cm³/mol. The van der Waals surface area contributed by atoms with Gasteiger partial charge in [-0.15, -0.1) is 0 Å². The van der Waals surface area contributed by atoms with Gasteiger partial charge in [0, 0.05) is 48.4 Å². The first kappa shape index (κ1) is 21.2. The number of ketones is 1. The molecule has 0 radical (unpaired) electrons. The summed E-state index contributed by atoms with van der Waals surface area (Å²) in [4.78, 5) is 49.7. The van der Waals surface area contributed by atoms with Crippen LogP contribution in [0.3, 0.4) is 0 Å². The topological polar surface area (TPSA) is 109 Å². The van der Waals surface area contributed by atoms with Crippen LogP contribution in [-0.4, -0.2) is 63.0 Å². The Morgan fingerprint density at radius 3 is 2.31 bits per heavy atom. The van der Waals surface area contributed by atoms with Crippen LogP contribution in [0.15, 0.2) is 67.0 Å². The van der Waals surface area contributed by atoms with Crippen LogP contribution < -0.4 is 5.73 Å². The lowest BCUT2D eigenvalue weighted by Crippen LogP contribution is -2.56. The number of aromatic nitrogens is 2. The highest BCUT2D eigenvalue weighted by molar-refractivity contribution is 6.42. The van der Waals surface area contributed by atoms with E-state index in [2.05, 4.69) is 9.97 Å². The lowest BCUT2D eigenvalue weighted by Gasteiger charge is -2.39. The van der Waals surface area contributed by atoms with Gasteiger partial charge in [0.25, 0.3) is 11.8 Å². The summed E-state index contributed by atoms with van der Waals surface area (Å²) in [5.41, 5.74) is 8.01. The Morgan fingerprint density at radius 2 is 1.66 bits per heavy atom. The van der Waals surface area contributed by atoms with E-state index in [0.29, 0.717) is 42.3 Å². The summed E-state index contributed by atoms with van der Waals surface area (Å²) in [5, 5.41) is 0. The zero-order chi connectivity index (χ0) is 22.7. The number of nitrogen functional groups attached to an aromatic ring is 1. The Labute approximate surface area is 185 Å². The molecular weight excluding hydrogens is 406 g/mol. The third-order valence-electron chi connectivity index (χ3n) is 5.52. The lowest BCUT2D eigenvalue weighted by molar-refractivity contribution is -0.130. The Hall–Kier alpha value is -4.07. The van der Waals surface area contributed by atoms with E-state index in [0.717, 1.165) is 5.56 Å². The summed E-state index contributed by atoms with van der Waals surface area (Å²) < 4.78 is 0. The van der Waals surface area contributed by atoms with Gasteiger partial charge < -0.3 is 15.5 Å². The largest absolute Gasteiger partial charge is 0.384 e. The van der Waals surface area contributed by atoms with Crippen LogP contribution in [0, 0.1) is 0 Å². The molecule has 0 bridgehead atoms. The number of benzene rings is 2. The molecule has 1 aliphatic heterocycles. The number of amides is 2. The molecule has 3 aromatic rings. The van der Waals surface area contributed by atoms with Crippen LogP contribution in [0.4, 0.5) is 5.82 Å². The van der Waals surface area contributed by atoms with Gasteiger partial charge in [0.05, 0.1) is 5.69 Å². The summed E-state index contributed by atoms with van der Waals surface area (Å²) in [5.74, 6) is -0.863. The molecule has 0 aliphatic carbocycles. The maximum Gasteiger partial charge on any atom is 0.295 e. The highest BCUT2D eigenvalue weighted by atomic mass is 16.2. The number of piperazine rings is 1. The van der Waals surface area contributed by atoms with Gasteiger partial charge in [-0.25, -0.2) is 9.97 Å². The van der Waals surface area contributed by atoms with Crippen LogP contribution in [0.5, 0.6) is 0 Å². The van der Waals surface area contributed by atoms with Crippen molar-refractivity contribution in [3.63, 3.8) is 0 Å². The molecule has 162 valence electrons. The summed E-state index contributed by atoms with van der Waals surface area (Å²) in [6.45, 7) is 2.91. The molecule has 4 rings (SSSR count). The average molecular weight is 429 g/mol. The van der Waals surface area contributed by atoms with Crippen molar-refractivity contribution in [2.24, 2.45) is 0 Å². The van der Waals surface area contributed by atoms with Crippen molar-refractivity contribution in [3.8, 4) is 11.3 Å². The quantitative estimate of drug-likeness (QED) is 0.503. The summed E-state index contributed by atoms with van der Waals surface area (Å²) in [6, 6.07) is 17.1. The summed E-state index contributed by atoms with van der Waals surface area (Å²) in [6.07, 6.45) is 1.37. The van der Waals surface area contributed by atoms with Gasteiger partial charge in [-0.1, -0.05) is 42.5 Å². The zero-order valence-electron chi connectivity index (χ0n) is 17.6. The first-order chi connectivity index (χ1) is 15.4. The van der Waals surface area contributed by atoms with Gasteiger partial charge in [0.15, 0.2) is 0 Å². The minimum atomic E-state index is -0.576. The molecule has 1 atom stereocenters. The van der Waals surface area contributed by atoms with Gasteiger partial charge in [0.2, 0.25) is 5.78 Å². The van der Waals surface area contributed by atoms with Crippen molar-refractivity contribution in [2.75, 3.05) is 25.4 Å². The Morgan fingerprint density at radius 1 is 0.938 bits per heavy atom. The van der Waals surface area contributed by atoms with Crippen molar-refractivity contribution in [3.05, 3.63) is 78.1 Å². The fourth-order valence-corrected chi connectivity index (χ4v) is 3.78. The fraction of sp³-hybridized carbons (Fsp3) is 0.208. The van der Waals surface area contributed by atoms with Crippen molar-refractivity contribution < 1.29 is 14.4 Å². The predicted octanol–water partition coefficient (Wildman–Crippen LogP) is 2.28. The first-order valence-corrected chi connectivity index (χ1v) is 10.3. The molecule has 1 aromatic heterocycles. The molecule has 1 saturated heterocycles. The van der Waals surface area contributed by atoms with E-state index >= 15 is 0 Å². The number of nitrogens with zero attached hydrogens (tertiary/aromatic N) is 4. The maximum atomic E-state index is 12.9. The number of nitrogens with two attached hydrogens (primary N) is 1. The molecule has 32 heavy (non-hydrogen) atoms. The van der Waals surface area contributed by atoms with Crippen LogP contribution in [0.25, 0.3) is 11.3 Å². The summed E-state index contributed by atoms with van der Waals surface area (Å²) >= 11 is 0. The molecule has 0 spiro atoms. The third-order valence-corrected chi connectivity index (χ3v) is 5.52. The average Bonchev–Trinajstić information content (AvgIpc) is 2.83. The molecule has 0 saturated carbocycles. The normalized spacial score (nSPS) is 16.0. The molecule has 2 heterocycles. The second kappa shape index (κ2) is 8.97. The zero-order valence-corrected chi connectivity index (χ0v) is 17.6. The minimum Gasteiger partial charge on any atom is -0.384 e. The Bertz CT molecular complexity index is 1150. The van der Waals surface area contributed by atoms with E-state index in [1.807, 2.05) is 25.1 Å². The highest BCUT2D eigenvalue weighted by Crippen LogP contribution is 2.20. The molecular formula is C24H23N5O3. The van der Waals surface area contributed by atoms with Gasteiger partial charge in [-0.3, -0.25) is 14.4 Å². The number of Topliss-reactive ketones (excluding diaryl/α,β-unsaturated/α-hetero) is 1. The van der Waals surface area contributed by atoms with E-state index in [4.69, 9.17) is 5.73 Å². The first-order valence-electron chi connectivity index (χ1n) is 10.3. The molecule has 1 aliphatic rings. The Balaban J connectivity index is 1.42. The lowest BCUT2D eigenvalue weighted by atomic mass is 10.0. The molecule has 1 fully saturated rings. The number of rotatable bonds is 4. The van der Waals surface area contributed by atoms with Crippen molar-refractivity contribution in [1.82, 2.24) is 19.8 Å².